The third-order valence-electron chi connectivity index (χ3n) is 4.76. The van der Waals surface area contributed by atoms with E-state index < -0.39 is 12.2 Å². The van der Waals surface area contributed by atoms with Crippen LogP contribution >= 0.6 is 0 Å². The first kappa shape index (κ1) is 17.0. The lowest BCUT2D eigenvalue weighted by Gasteiger charge is -2.18. The van der Waals surface area contributed by atoms with Gasteiger partial charge in [0.25, 0.3) is 0 Å². The van der Waals surface area contributed by atoms with Crippen LogP contribution in [0.25, 0.3) is 5.52 Å². The summed E-state index contributed by atoms with van der Waals surface area (Å²) in [7, 11) is 0. The Morgan fingerprint density at radius 2 is 1.37 bits per heavy atom. The molecule has 2 atom stereocenters. The lowest BCUT2D eigenvalue weighted by molar-refractivity contribution is 0.193. The largest absolute Gasteiger partial charge is 0.384 e. The van der Waals surface area contributed by atoms with Gasteiger partial charge in [-0.2, -0.15) is 5.26 Å². The van der Waals surface area contributed by atoms with Crippen molar-refractivity contribution in [2.24, 2.45) is 0 Å². The highest BCUT2D eigenvalue weighted by atomic mass is 16.3. The van der Waals surface area contributed by atoms with Gasteiger partial charge in [0.15, 0.2) is 0 Å². The monoisotopic (exact) mass is 354 g/mol. The first-order chi connectivity index (χ1) is 13.2. The summed E-state index contributed by atoms with van der Waals surface area (Å²) in [5.41, 5.74) is 3.98. The van der Waals surface area contributed by atoms with E-state index in [0.29, 0.717) is 16.8 Å². The summed E-state index contributed by atoms with van der Waals surface area (Å²) < 4.78 is 1.83. The third-order valence-corrected chi connectivity index (χ3v) is 4.76. The Kier molecular flexibility index (Phi) is 4.47. The Morgan fingerprint density at radius 1 is 0.778 bits per heavy atom. The number of fused-ring (bicyclic) bond motifs is 1. The van der Waals surface area contributed by atoms with Gasteiger partial charge < -0.3 is 14.6 Å². The molecule has 4 rings (SSSR count). The lowest BCUT2D eigenvalue weighted by atomic mass is 9.97. The van der Waals surface area contributed by atoms with Gasteiger partial charge >= 0.3 is 0 Å². The highest BCUT2D eigenvalue weighted by Crippen LogP contribution is 2.34. The van der Waals surface area contributed by atoms with E-state index in [-0.39, 0.29) is 0 Å². The maximum atomic E-state index is 11.1. The predicted molar refractivity (Wildman–Crippen MR) is 103 cm³/mol. The van der Waals surface area contributed by atoms with Crippen LogP contribution in [0, 0.1) is 11.3 Å². The van der Waals surface area contributed by atoms with Gasteiger partial charge in [0.2, 0.25) is 0 Å². The molecule has 2 unspecified atom stereocenters. The molecule has 2 aromatic heterocycles. The molecule has 2 aromatic carbocycles. The fourth-order valence-corrected chi connectivity index (χ4v) is 3.41. The van der Waals surface area contributed by atoms with Gasteiger partial charge in [0.1, 0.15) is 12.2 Å². The van der Waals surface area contributed by atoms with Gasteiger partial charge in [0.05, 0.1) is 17.3 Å². The molecule has 0 aliphatic carbocycles. The van der Waals surface area contributed by atoms with E-state index in [0.717, 1.165) is 16.6 Å². The molecule has 0 aliphatic rings. The van der Waals surface area contributed by atoms with Crippen LogP contribution in [0.15, 0.2) is 85.1 Å². The number of benzene rings is 2. The smallest absolute Gasteiger partial charge is 0.120 e. The van der Waals surface area contributed by atoms with Crippen molar-refractivity contribution in [1.82, 2.24) is 4.40 Å². The predicted octanol–water partition coefficient (Wildman–Crippen LogP) is 3.97. The number of aromatic nitrogens is 1. The minimum absolute atomic E-state index is 0.529. The van der Waals surface area contributed by atoms with Crippen LogP contribution in [-0.2, 0) is 0 Å². The van der Waals surface area contributed by atoms with Gasteiger partial charge in [-0.1, -0.05) is 60.7 Å². The van der Waals surface area contributed by atoms with Crippen LogP contribution in [0.5, 0.6) is 0 Å². The van der Waals surface area contributed by atoms with E-state index in [4.69, 9.17) is 0 Å². The molecular weight excluding hydrogens is 336 g/mol. The first-order valence-electron chi connectivity index (χ1n) is 8.70. The molecule has 132 valence electrons. The molecule has 0 saturated heterocycles. The van der Waals surface area contributed by atoms with Crippen LogP contribution in [0.4, 0.5) is 0 Å². The molecule has 4 aromatic rings. The van der Waals surface area contributed by atoms with Crippen LogP contribution in [0.1, 0.15) is 40.2 Å². The van der Waals surface area contributed by atoms with Crippen molar-refractivity contribution in [3.63, 3.8) is 0 Å². The van der Waals surface area contributed by atoms with Crippen molar-refractivity contribution in [2.75, 3.05) is 0 Å². The second-order valence-electron chi connectivity index (χ2n) is 6.43. The normalized spacial score (nSPS) is 13.2. The Morgan fingerprint density at radius 3 is 1.96 bits per heavy atom. The number of hydrogen-bond donors (Lipinski definition) is 2. The zero-order chi connectivity index (χ0) is 18.8. The molecule has 0 bridgehead atoms. The molecule has 0 amide bonds. The van der Waals surface area contributed by atoms with E-state index in [2.05, 4.69) is 6.07 Å². The minimum atomic E-state index is -0.907. The van der Waals surface area contributed by atoms with E-state index in [1.165, 1.54) is 0 Å². The number of aliphatic hydroxyl groups excluding tert-OH is 2. The fraction of sp³-hybridized carbons (Fsp3) is 0.0870. The Bertz CT molecular complexity index is 1110. The average Bonchev–Trinajstić information content (AvgIpc) is 3.12. The van der Waals surface area contributed by atoms with Crippen molar-refractivity contribution < 1.29 is 10.2 Å². The lowest BCUT2D eigenvalue weighted by Crippen LogP contribution is -2.09. The standard InChI is InChI=1S/C23H18N2O2/c24-15-16-11-12-25-19(13-16)14-20(22(26)17-7-3-1-4-8-17)21(25)23(27)18-9-5-2-6-10-18/h1-14,22-23,26-27H. The molecule has 2 N–H and O–H groups in total. The maximum Gasteiger partial charge on any atom is 0.120 e. The number of aliphatic hydroxyl groups is 2. The zero-order valence-corrected chi connectivity index (χ0v) is 14.5. The number of nitrogens with zero attached hydrogens (tertiary/aromatic N) is 2. The molecule has 4 nitrogen and oxygen atoms in total. The Balaban J connectivity index is 1.93. The van der Waals surface area contributed by atoms with Crippen LogP contribution in [-0.4, -0.2) is 14.6 Å². The zero-order valence-electron chi connectivity index (χ0n) is 14.5. The molecule has 27 heavy (non-hydrogen) atoms. The summed E-state index contributed by atoms with van der Waals surface area (Å²) in [5, 5.41) is 31.3. The Labute approximate surface area is 157 Å². The van der Waals surface area contributed by atoms with Gasteiger partial charge in [-0.15, -0.1) is 0 Å². The summed E-state index contributed by atoms with van der Waals surface area (Å²) in [4.78, 5) is 0. The number of nitriles is 1. The fourth-order valence-electron chi connectivity index (χ4n) is 3.41. The van der Waals surface area contributed by atoms with E-state index in [1.807, 2.05) is 71.1 Å². The van der Waals surface area contributed by atoms with Gasteiger partial charge in [-0.25, -0.2) is 0 Å². The minimum Gasteiger partial charge on any atom is -0.384 e. The second-order valence-corrected chi connectivity index (χ2v) is 6.43. The highest BCUT2D eigenvalue weighted by Gasteiger charge is 2.25. The first-order valence-corrected chi connectivity index (χ1v) is 8.70. The molecule has 0 spiro atoms. The number of rotatable bonds is 4. The Hall–Kier alpha value is -3.39. The second kappa shape index (κ2) is 7.08. The van der Waals surface area contributed by atoms with Crippen LogP contribution in [0.3, 0.4) is 0 Å². The van der Waals surface area contributed by atoms with Crippen molar-refractivity contribution in [2.45, 2.75) is 12.2 Å². The quantitative estimate of drug-likeness (QED) is 0.582. The van der Waals surface area contributed by atoms with Crippen LogP contribution < -0.4 is 0 Å². The van der Waals surface area contributed by atoms with Gasteiger partial charge in [-0.05, 0) is 29.3 Å². The van der Waals surface area contributed by atoms with E-state index in [1.54, 1.807) is 18.3 Å². The maximum absolute atomic E-state index is 11.1. The summed E-state index contributed by atoms with van der Waals surface area (Å²) in [6.45, 7) is 0. The number of pyridine rings is 1. The summed E-state index contributed by atoms with van der Waals surface area (Å²) >= 11 is 0. The average molecular weight is 354 g/mol. The molecule has 0 fully saturated rings. The van der Waals surface area contributed by atoms with E-state index in [9.17, 15) is 15.5 Å². The van der Waals surface area contributed by atoms with Crippen molar-refractivity contribution in [3.05, 3.63) is 113 Å². The van der Waals surface area contributed by atoms with Crippen molar-refractivity contribution in [1.29, 1.82) is 5.26 Å². The molecular formula is C23H18N2O2. The summed E-state index contributed by atoms with van der Waals surface area (Å²) in [6.07, 6.45) is -0.0312. The third kappa shape index (κ3) is 3.11. The molecule has 2 heterocycles. The molecule has 0 aliphatic heterocycles. The van der Waals surface area contributed by atoms with Gasteiger partial charge in [0, 0.05) is 17.3 Å². The molecule has 0 radical (unpaired) electrons. The van der Waals surface area contributed by atoms with Gasteiger partial charge in [-0.3, -0.25) is 0 Å². The SMILES string of the molecule is N#Cc1ccn2c(C(O)c3ccccc3)c(C(O)c3ccccc3)cc2c1. The summed E-state index contributed by atoms with van der Waals surface area (Å²) in [6, 6.07) is 26.1. The molecule has 0 saturated carbocycles. The van der Waals surface area contributed by atoms with E-state index >= 15 is 0 Å². The number of hydrogen-bond acceptors (Lipinski definition) is 3. The van der Waals surface area contributed by atoms with Crippen molar-refractivity contribution >= 4 is 5.52 Å². The summed E-state index contributed by atoms with van der Waals surface area (Å²) in [5.74, 6) is 0. The highest BCUT2D eigenvalue weighted by molar-refractivity contribution is 5.59. The topological polar surface area (TPSA) is 68.7 Å². The van der Waals surface area contributed by atoms with Crippen molar-refractivity contribution in [3.8, 4) is 6.07 Å². The molecule has 4 heteroatoms. The van der Waals surface area contributed by atoms with Crippen LogP contribution in [0.2, 0.25) is 0 Å².